The Bertz CT molecular complexity index is 1100. The molecular weight excluding hydrogens is 506 g/mol. The molecule has 0 aliphatic rings. The van der Waals surface area contributed by atoms with Gasteiger partial charge in [0.25, 0.3) is 0 Å². The summed E-state index contributed by atoms with van der Waals surface area (Å²) in [6.07, 6.45) is 3.44. The number of thiazole rings is 1. The van der Waals surface area contributed by atoms with Crippen molar-refractivity contribution in [3.8, 4) is 22.8 Å². The van der Waals surface area contributed by atoms with E-state index in [1.54, 1.807) is 29.1 Å². The van der Waals surface area contributed by atoms with Crippen molar-refractivity contribution in [3.63, 3.8) is 0 Å². The third-order valence-electron chi connectivity index (χ3n) is 3.78. The van der Waals surface area contributed by atoms with Crippen LogP contribution in [-0.2, 0) is 0 Å². The number of aromatic nitrogens is 1. The molecule has 0 fully saturated rings. The molecule has 0 saturated heterocycles. The van der Waals surface area contributed by atoms with Crippen molar-refractivity contribution in [1.29, 1.82) is 0 Å². The minimum Gasteiger partial charge on any atom is -0.503 e. The van der Waals surface area contributed by atoms with Crippen LogP contribution in [0.15, 0.2) is 73.5 Å². The van der Waals surface area contributed by atoms with Crippen LogP contribution in [0.25, 0.3) is 11.3 Å². The zero-order chi connectivity index (χ0) is 20.1. The number of rotatable bonds is 6. The molecule has 28 heavy (non-hydrogen) atoms. The molecule has 0 radical (unpaired) electrons. The van der Waals surface area contributed by atoms with E-state index in [-0.39, 0.29) is 5.75 Å². The molecule has 0 unspecified atom stereocenters. The van der Waals surface area contributed by atoms with Gasteiger partial charge in [-0.2, -0.15) is 5.10 Å². The summed E-state index contributed by atoms with van der Waals surface area (Å²) in [4.78, 5) is 5.29. The van der Waals surface area contributed by atoms with Crippen LogP contribution in [0, 0.1) is 0 Å². The molecule has 0 atom stereocenters. The lowest BCUT2D eigenvalue weighted by molar-refractivity contribution is 0.372. The Morgan fingerprint density at radius 1 is 1.25 bits per heavy atom. The van der Waals surface area contributed by atoms with Crippen molar-refractivity contribution in [1.82, 2.24) is 4.68 Å². The van der Waals surface area contributed by atoms with Gasteiger partial charge in [-0.1, -0.05) is 40.2 Å². The van der Waals surface area contributed by atoms with Crippen molar-refractivity contribution in [2.75, 3.05) is 13.7 Å². The highest BCUT2D eigenvalue weighted by atomic mass is 79.9. The van der Waals surface area contributed by atoms with Crippen LogP contribution < -0.4 is 9.54 Å². The topological polar surface area (TPSA) is 59.1 Å². The summed E-state index contributed by atoms with van der Waals surface area (Å²) < 4.78 is 8.51. The second kappa shape index (κ2) is 9.36. The van der Waals surface area contributed by atoms with E-state index >= 15 is 0 Å². The van der Waals surface area contributed by atoms with Gasteiger partial charge in [-0.15, -0.1) is 17.9 Å². The summed E-state index contributed by atoms with van der Waals surface area (Å²) in [7, 11) is 1.51. The Morgan fingerprint density at radius 3 is 2.75 bits per heavy atom. The first-order chi connectivity index (χ1) is 13.5. The molecule has 144 valence electrons. The first kappa shape index (κ1) is 20.6. The number of hydrogen-bond donors (Lipinski definition) is 1. The van der Waals surface area contributed by atoms with Gasteiger partial charge in [-0.25, -0.2) is 4.68 Å². The second-order valence-corrected chi connectivity index (χ2v) is 8.17. The largest absolute Gasteiger partial charge is 0.503 e. The molecule has 0 saturated carbocycles. The molecule has 1 aromatic heterocycles. The number of hydrogen-bond acceptors (Lipinski definition) is 5. The van der Waals surface area contributed by atoms with Crippen LogP contribution in [0.5, 0.6) is 11.5 Å². The standard InChI is InChI=1S/C20H17Br2N3O2S/c1-3-8-23-20-25(17(12-28-20)14-6-4-5-7-15(14)21)24-11-13-9-16(22)19(26)18(10-13)27-2/h3-7,9-12,26H,1,8H2,2H3. The molecule has 3 rings (SSSR count). The van der Waals surface area contributed by atoms with E-state index in [1.165, 1.54) is 18.4 Å². The first-order valence-electron chi connectivity index (χ1n) is 8.22. The number of ether oxygens (including phenoxy) is 1. The van der Waals surface area contributed by atoms with Crippen LogP contribution in [0.2, 0.25) is 0 Å². The first-order valence-corrected chi connectivity index (χ1v) is 10.7. The Labute approximate surface area is 183 Å². The predicted molar refractivity (Wildman–Crippen MR) is 121 cm³/mol. The van der Waals surface area contributed by atoms with Gasteiger partial charge in [0.05, 0.1) is 30.0 Å². The summed E-state index contributed by atoms with van der Waals surface area (Å²) in [6, 6.07) is 11.5. The van der Waals surface area contributed by atoms with Gasteiger partial charge < -0.3 is 9.84 Å². The lowest BCUT2D eigenvalue weighted by atomic mass is 10.2. The van der Waals surface area contributed by atoms with Gasteiger partial charge in [0.2, 0.25) is 4.80 Å². The third-order valence-corrected chi connectivity index (χ3v) is 5.93. The second-order valence-electron chi connectivity index (χ2n) is 5.62. The van der Waals surface area contributed by atoms with E-state index in [2.05, 4.69) is 48.5 Å². The average molecular weight is 523 g/mol. The van der Waals surface area contributed by atoms with Gasteiger partial charge in [0.15, 0.2) is 11.5 Å². The van der Waals surface area contributed by atoms with Crippen LogP contribution in [-0.4, -0.2) is 29.7 Å². The fraction of sp³-hybridized carbons (Fsp3) is 0.100. The van der Waals surface area contributed by atoms with E-state index in [4.69, 9.17) is 4.74 Å². The molecule has 0 bridgehead atoms. The number of halogens is 2. The quantitative estimate of drug-likeness (QED) is 0.347. The van der Waals surface area contributed by atoms with E-state index in [0.717, 1.165) is 26.1 Å². The Hall–Kier alpha value is -2.16. The van der Waals surface area contributed by atoms with Crippen LogP contribution >= 0.6 is 43.2 Å². The molecule has 5 nitrogen and oxygen atoms in total. The maximum atomic E-state index is 9.99. The number of methoxy groups -OCH3 is 1. The highest BCUT2D eigenvalue weighted by molar-refractivity contribution is 9.11. The molecule has 0 amide bonds. The minimum atomic E-state index is 0.0541. The summed E-state index contributed by atoms with van der Waals surface area (Å²) >= 11 is 8.45. The maximum absolute atomic E-state index is 9.99. The molecule has 0 spiro atoms. The third kappa shape index (κ3) is 4.45. The van der Waals surface area contributed by atoms with Crippen molar-refractivity contribution in [2.24, 2.45) is 10.1 Å². The molecule has 2 aromatic carbocycles. The van der Waals surface area contributed by atoms with Gasteiger partial charge in [-0.05, 0) is 39.7 Å². The molecule has 1 N–H and O–H groups in total. The Morgan fingerprint density at radius 2 is 2.04 bits per heavy atom. The van der Waals surface area contributed by atoms with Gasteiger partial charge in [0, 0.05) is 15.4 Å². The summed E-state index contributed by atoms with van der Waals surface area (Å²) in [5.41, 5.74) is 2.70. The summed E-state index contributed by atoms with van der Waals surface area (Å²) in [6.45, 7) is 4.23. The van der Waals surface area contributed by atoms with Gasteiger partial charge >= 0.3 is 0 Å². The SMILES string of the molecule is C=CCN=c1scc(-c2ccccc2Br)n1N=Cc1cc(Br)c(O)c(OC)c1. The van der Waals surface area contributed by atoms with Gasteiger partial charge in [0.1, 0.15) is 0 Å². The average Bonchev–Trinajstić information content (AvgIpc) is 3.10. The maximum Gasteiger partial charge on any atom is 0.206 e. The van der Waals surface area contributed by atoms with E-state index in [0.29, 0.717) is 16.8 Å². The van der Waals surface area contributed by atoms with Crippen LogP contribution in [0.3, 0.4) is 0 Å². The fourth-order valence-corrected chi connectivity index (χ4v) is 4.25. The van der Waals surface area contributed by atoms with E-state index in [9.17, 15) is 5.11 Å². The van der Waals surface area contributed by atoms with Crippen LogP contribution in [0.4, 0.5) is 0 Å². The van der Waals surface area contributed by atoms with Crippen molar-refractivity contribution in [2.45, 2.75) is 0 Å². The molecular formula is C20H17Br2N3O2S. The lowest BCUT2D eigenvalue weighted by Crippen LogP contribution is -2.12. The van der Waals surface area contributed by atoms with E-state index in [1.807, 2.05) is 29.6 Å². The molecule has 0 aliphatic carbocycles. The van der Waals surface area contributed by atoms with Crippen molar-refractivity contribution >= 4 is 49.4 Å². The summed E-state index contributed by atoms with van der Waals surface area (Å²) in [5.74, 6) is 0.423. The van der Waals surface area contributed by atoms with Crippen molar-refractivity contribution < 1.29 is 9.84 Å². The van der Waals surface area contributed by atoms with E-state index < -0.39 is 0 Å². The highest BCUT2D eigenvalue weighted by Crippen LogP contribution is 2.35. The summed E-state index contributed by atoms with van der Waals surface area (Å²) in [5, 5.41) is 16.7. The molecule has 8 heteroatoms. The number of benzene rings is 2. The molecule has 3 aromatic rings. The highest BCUT2D eigenvalue weighted by Gasteiger charge is 2.11. The molecule has 0 aliphatic heterocycles. The zero-order valence-electron chi connectivity index (χ0n) is 15.0. The number of phenolic OH excluding ortho intramolecular Hbond substituents is 1. The number of phenols is 1. The number of nitrogens with zero attached hydrogens (tertiary/aromatic N) is 3. The van der Waals surface area contributed by atoms with Crippen LogP contribution in [0.1, 0.15) is 5.56 Å². The monoisotopic (exact) mass is 521 g/mol. The predicted octanol–water partition coefficient (Wildman–Crippen LogP) is 5.42. The fourth-order valence-electron chi connectivity index (χ4n) is 2.46. The van der Waals surface area contributed by atoms with Gasteiger partial charge in [-0.3, -0.25) is 4.99 Å². The normalized spacial score (nSPS) is 11.9. The molecule has 1 heterocycles. The minimum absolute atomic E-state index is 0.0541. The Balaban J connectivity index is 2.11. The number of aromatic hydroxyl groups is 1. The lowest BCUT2D eigenvalue weighted by Gasteiger charge is -2.07. The zero-order valence-corrected chi connectivity index (χ0v) is 19.0. The van der Waals surface area contributed by atoms with Crippen molar-refractivity contribution in [3.05, 3.63) is 73.7 Å². The Kier molecular flexibility index (Phi) is 6.88. The smallest absolute Gasteiger partial charge is 0.206 e.